The van der Waals surface area contributed by atoms with Gasteiger partial charge >= 0.3 is 0 Å². The monoisotopic (exact) mass is 233 g/mol. The maximum Gasteiger partial charge on any atom is 0.0355 e. The maximum absolute atomic E-state index is 5.36. The van der Waals surface area contributed by atoms with Gasteiger partial charge in [-0.3, -0.25) is 0 Å². The molecule has 2 rings (SSSR count). The standard InChI is InChI=1S/C17H15N/c1-2-15-10-6-12-17(14-15)18-13-7-11-16-8-4-3-5-9-16/h1,3-12,14,18H,13H2. The van der Waals surface area contributed by atoms with Crippen molar-refractivity contribution in [1.82, 2.24) is 0 Å². The highest BCUT2D eigenvalue weighted by molar-refractivity contribution is 5.53. The van der Waals surface area contributed by atoms with E-state index in [1.807, 2.05) is 42.5 Å². The molecule has 0 unspecified atom stereocenters. The fourth-order valence-electron chi connectivity index (χ4n) is 1.65. The summed E-state index contributed by atoms with van der Waals surface area (Å²) in [5.74, 6) is 2.63. The van der Waals surface area contributed by atoms with Gasteiger partial charge in [0.25, 0.3) is 0 Å². The number of hydrogen-bond acceptors (Lipinski definition) is 1. The van der Waals surface area contributed by atoms with E-state index in [1.165, 1.54) is 5.56 Å². The van der Waals surface area contributed by atoms with Crippen LogP contribution < -0.4 is 5.32 Å². The Labute approximate surface area is 108 Å². The van der Waals surface area contributed by atoms with Gasteiger partial charge < -0.3 is 5.32 Å². The second kappa shape index (κ2) is 6.32. The normalized spacial score (nSPS) is 10.2. The van der Waals surface area contributed by atoms with Crippen LogP contribution in [-0.2, 0) is 0 Å². The van der Waals surface area contributed by atoms with E-state index in [0.29, 0.717) is 0 Å². The van der Waals surface area contributed by atoms with E-state index in [-0.39, 0.29) is 0 Å². The molecule has 88 valence electrons. The van der Waals surface area contributed by atoms with Gasteiger partial charge in [0.2, 0.25) is 0 Å². The fraction of sp³-hybridized carbons (Fsp3) is 0.0588. The van der Waals surface area contributed by atoms with Gasteiger partial charge in [-0.15, -0.1) is 6.42 Å². The van der Waals surface area contributed by atoms with Gasteiger partial charge in [-0.25, -0.2) is 0 Å². The van der Waals surface area contributed by atoms with Crippen LogP contribution in [0.3, 0.4) is 0 Å². The Morgan fingerprint density at radius 1 is 1.06 bits per heavy atom. The highest BCUT2D eigenvalue weighted by Crippen LogP contribution is 2.09. The average Bonchev–Trinajstić information content (AvgIpc) is 2.45. The molecular formula is C17H15N. The molecular weight excluding hydrogens is 218 g/mol. The Hall–Kier alpha value is -2.46. The lowest BCUT2D eigenvalue weighted by molar-refractivity contribution is 1.34. The number of terminal acetylenes is 1. The molecule has 0 saturated heterocycles. The molecule has 1 N–H and O–H groups in total. The SMILES string of the molecule is C#Cc1cccc(NCC=Cc2ccccc2)c1. The van der Waals surface area contributed by atoms with Crippen molar-refractivity contribution in [1.29, 1.82) is 0 Å². The molecule has 0 amide bonds. The third kappa shape index (κ3) is 3.54. The van der Waals surface area contributed by atoms with Gasteiger partial charge in [-0.05, 0) is 23.8 Å². The molecule has 0 saturated carbocycles. The Morgan fingerprint density at radius 2 is 1.89 bits per heavy atom. The summed E-state index contributed by atoms with van der Waals surface area (Å²) in [5.41, 5.74) is 3.15. The quantitative estimate of drug-likeness (QED) is 0.792. The van der Waals surface area contributed by atoms with Gasteiger partial charge in [0.1, 0.15) is 0 Å². The van der Waals surface area contributed by atoms with Crippen LogP contribution in [0.15, 0.2) is 60.7 Å². The van der Waals surface area contributed by atoms with Crippen molar-refractivity contribution in [2.24, 2.45) is 0 Å². The number of nitrogens with one attached hydrogen (secondary N) is 1. The summed E-state index contributed by atoms with van der Waals surface area (Å²) in [7, 11) is 0. The number of hydrogen-bond donors (Lipinski definition) is 1. The van der Waals surface area contributed by atoms with E-state index in [2.05, 4.69) is 35.5 Å². The zero-order chi connectivity index (χ0) is 12.6. The molecule has 0 aliphatic heterocycles. The van der Waals surface area contributed by atoms with E-state index < -0.39 is 0 Å². The summed E-state index contributed by atoms with van der Waals surface area (Å²) in [6.07, 6.45) is 9.55. The van der Waals surface area contributed by atoms with Crippen molar-refractivity contribution < 1.29 is 0 Å². The van der Waals surface area contributed by atoms with E-state index in [1.54, 1.807) is 0 Å². The van der Waals surface area contributed by atoms with Crippen LogP contribution >= 0.6 is 0 Å². The van der Waals surface area contributed by atoms with Gasteiger partial charge in [-0.2, -0.15) is 0 Å². The summed E-state index contributed by atoms with van der Waals surface area (Å²) in [6.45, 7) is 0.781. The number of benzene rings is 2. The minimum Gasteiger partial charge on any atom is -0.382 e. The summed E-state index contributed by atoms with van der Waals surface area (Å²) in [4.78, 5) is 0. The molecule has 0 atom stereocenters. The second-order valence-corrected chi connectivity index (χ2v) is 3.92. The van der Waals surface area contributed by atoms with Crippen LogP contribution in [0.5, 0.6) is 0 Å². The van der Waals surface area contributed by atoms with E-state index in [0.717, 1.165) is 17.8 Å². The average molecular weight is 233 g/mol. The Balaban J connectivity index is 1.89. The first-order valence-corrected chi connectivity index (χ1v) is 5.90. The van der Waals surface area contributed by atoms with Crippen LogP contribution in [0.1, 0.15) is 11.1 Å². The third-order valence-electron chi connectivity index (χ3n) is 2.56. The smallest absolute Gasteiger partial charge is 0.0355 e. The first-order chi connectivity index (χ1) is 8.88. The predicted octanol–water partition coefficient (Wildman–Crippen LogP) is 3.79. The molecule has 2 aromatic carbocycles. The molecule has 0 bridgehead atoms. The van der Waals surface area contributed by atoms with E-state index in [4.69, 9.17) is 6.42 Å². The minimum absolute atomic E-state index is 0.781. The van der Waals surface area contributed by atoms with Crippen LogP contribution in [0.25, 0.3) is 6.08 Å². The fourth-order valence-corrected chi connectivity index (χ4v) is 1.65. The van der Waals surface area contributed by atoms with Gasteiger partial charge in [0.15, 0.2) is 0 Å². The molecule has 0 spiro atoms. The number of rotatable bonds is 4. The summed E-state index contributed by atoms with van der Waals surface area (Å²) in [6, 6.07) is 18.1. The third-order valence-corrected chi connectivity index (χ3v) is 2.56. The van der Waals surface area contributed by atoms with Gasteiger partial charge in [0.05, 0.1) is 0 Å². The Morgan fingerprint density at radius 3 is 2.67 bits per heavy atom. The molecule has 0 fully saturated rings. The van der Waals surface area contributed by atoms with Crippen LogP contribution in [-0.4, -0.2) is 6.54 Å². The molecule has 0 radical (unpaired) electrons. The largest absolute Gasteiger partial charge is 0.382 e. The highest BCUT2D eigenvalue weighted by Gasteiger charge is 1.91. The van der Waals surface area contributed by atoms with Crippen molar-refractivity contribution in [3.05, 3.63) is 71.8 Å². The predicted molar refractivity (Wildman–Crippen MR) is 78.3 cm³/mol. The highest BCUT2D eigenvalue weighted by atomic mass is 14.8. The van der Waals surface area contributed by atoms with Crippen molar-refractivity contribution in [3.63, 3.8) is 0 Å². The minimum atomic E-state index is 0.781. The summed E-state index contributed by atoms with van der Waals surface area (Å²) in [5, 5.41) is 3.31. The molecule has 1 heteroatoms. The van der Waals surface area contributed by atoms with Crippen LogP contribution in [0, 0.1) is 12.3 Å². The zero-order valence-corrected chi connectivity index (χ0v) is 10.1. The zero-order valence-electron chi connectivity index (χ0n) is 10.1. The van der Waals surface area contributed by atoms with Gasteiger partial charge in [-0.1, -0.05) is 54.5 Å². The Bertz CT molecular complexity index is 562. The molecule has 0 aliphatic carbocycles. The second-order valence-electron chi connectivity index (χ2n) is 3.92. The summed E-state index contributed by atoms with van der Waals surface area (Å²) >= 11 is 0. The van der Waals surface area contributed by atoms with Crippen molar-refractivity contribution in [2.75, 3.05) is 11.9 Å². The lowest BCUT2D eigenvalue weighted by Gasteiger charge is -2.03. The van der Waals surface area contributed by atoms with Crippen molar-refractivity contribution >= 4 is 11.8 Å². The Kier molecular flexibility index (Phi) is 4.22. The molecule has 2 aromatic rings. The maximum atomic E-state index is 5.36. The molecule has 0 heterocycles. The number of anilines is 1. The van der Waals surface area contributed by atoms with Crippen LogP contribution in [0.4, 0.5) is 5.69 Å². The molecule has 1 nitrogen and oxygen atoms in total. The first-order valence-electron chi connectivity index (χ1n) is 5.90. The van der Waals surface area contributed by atoms with Gasteiger partial charge in [0, 0.05) is 17.8 Å². The molecule has 18 heavy (non-hydrogen) atoms. The lowest BCUT2D eigenvalue weighted by Crippen LogP contribution is -1.97. The van der Waals surface area contributed by atoms with Crippen molar-refractivity contribution in [3.8, 4) is 12.3 Å². The first kappa shape index (κ1) is 12.0. The summed E-state index contributed by atoms with van der Waals surface area (Å²) < 4.78 is 0. The van der Waals surface area contributed by atoms with E-state index in [9.17, 15) is 0 Å². The van der Waals surface area contributed by atoms with E-state index >= 15 is 0 Å². The molecule has 0 aliphatic rings. The van der Waals surface area contributed by atoms with Crippen LogP contribution in [0.2, 0.25) is 0 Å². The van der Waals surface area contributed by atoms with Crippen molar-refractivity contribution in [2.45, 2.75) is 0 Å². The topological polar surface area (TPSA) is 12.0 Å². The lowest BCUT2D eigenvalue weighted by atomic mass is 10.2. The molecule has 0 aromatic heterocycles.